The van der Waals surface area contributed by atoms with Crippen molar-refractivity contribution in [2.24, 2.45) is 0 Å². The van der Waals surface area contributed by atoms with Crippen LogP contribution in [0.2, 0.25) is 0 Å². The molecule has 1 heterocycles. The summed E-state index contributed by atoms with van der Waals surface area (Å²) in [6, 6.07) is 2.17. The third kappa shape index (κ3) is 6.55. The lowest BCUT2D eigenvalue weighted by Crippen LogP contribution is -2.35. The highest BCUT2D eigenvalue weighted by molar-refractivity contribution is 5.20. The zero-order valence-electron chi connectivity index (χ0n) is 13.9. The zero-order chi connectivity index (χ0) is 15.2. The normalized spacial score (nSPS) is 12.3. The lowest BCUT2D eigenvalue weighted by atomic mass is 10.1. The first-order valence-electron chi connectivity index (χ1n) is 7.32. The molecule has 0 aliphatic carbocycles. The maximum absolute atomic E-state index is 5.84. The van der Waals surface area contributed by atoms with Crippen molar-refractivity contribution in [3.63, 3.8) is 0 Å². The predicted molar refractivity (Wildman–Crippen MR) is 82.9 cm³/mol. The molecule has 1 rings (SSSR count). The van der Waals surface area contributed by atoms with Gasteiger partial charge in [0.2, 0.25) is 0 Å². The summed E-state index contributed by atoms with van der Waals surface area (Å²) in [5.74, 6) is 2.05. The number of aryl methyl sites for hydroxylation is 1. The topological polar surface area (TPSA) is 37.6 Å². The van der Waals surface area contributed by atoms with Crippen LogP contribution < -0.4 is 5.32 Å². The highest BCUT2D eigenvalue weighted by Gasteiger charge is 2.13. The molecule has 4 heteroatoms. The van der Waals surface area contributed by atoms with Crippen molar-refractivity contribution in [2.75, 3.05) is 27.3 Å². The number of nitrogens with one attached hydrogen (secondary N) is 1. The fourth-order valence-electron chi connectivity index (χ4n) is 2.03. The Kier molecular flexibility index (Phi) is 6.72. The second-order valence-electron chi connectivity index (χ2n) is 6.48. The van der Waals surface area contributed by atoms with Crippen LogP contribution in [0.15, 0.2) is 10.5 Å². The minimum atomic E-state index is 0.126. The Labute approximate surface area is 123 Å². The Morgan fingerprint density at radius 3 is 2.65 bits per heavy atom. The molecule has 0 aliphatic heterocycles. The van der Waals surface area contributed by atoms with Gasteiger partial charge in [-0.1, -0.05) is 0 Å². The molecule has 20 heavy (non-hydrogen) atoms. The summed E-state index contributed by atoms with van der Waals surface area (Å²) in [6.07, 6.45) is 1.05. The van der Waals surface area contributed by atoms with Gasteiger partial charge in [0.15, 0.2) is 0 Å². The average molecular weight is 282 g/mol. The number of furan rings is 1. The molecule has 0 fully saturated rings. The smallest absolute Gasteiger partial charge is 0.118 e. The maximum Gasteiger partial charge on any atom is 0.118 e. The molecule has 0 saturated heterocycles. The summed E-state index contributed by atoms with van der Waals surface area (Å²) in [6.45, 7) is 12.1. The molecule has 0 saturated carbocycles. The lowest BCUT2D eigenvalue weighted by Gasteiger charge is -2.20. The molecule has 0 radical (unpaired) electrons. The Morgan fingerprint density at radius 1 is 1.35 bits per heavy atom. The molecule has 0 amide bonds. The molecule has 0 atom stereocenters. The Balaban J connectivity index is 2.48. The van der Waals surface area contributed by atoms with Crippen LogP contribution in [0.3, 0.4) is 0 Å². The Morgan fingerprint density at radius 2 is 2.05 bits per heavy atom. The van der Waals surface area contributed by atoms with Gasteiger partial charge in [-0.05, 0) is 47.2 Å². The molecule has 4 nitrogen and oxygen atoms in total. The van der Waals surface area contributed by atoms with Crippen LogP contribution in [0, 0.1) is 6.92 Å². The maximum atomic E-state index is 5.84. The number of ether oxygens (including phenoxy) is 1. The molecule has 1 aromatic rings. The number of rotatable bonds is 8. The molecule has 1 N–H and O–H groups in total. The van der Waals surface area contributed by atoms with Gasteiger partial charge in [-0.25, -0.2) is 0 Å². The van der Waals surface area contributed by atoms with E-state index in [0.29, 0.717) is 0 Å². The van der Waals surface area contributed by atoms with Crippen molar-refractivity contribution in [3.05, 3.63) is 23.2 Å². The average Bonchev–Trinajstić information content (AvgIpc) is 2.66. The largest absolute Gasteiger partial charge is 0.465 e. The van der Waals surface area contributed by atoms with E-state index in [-0.39, 0.29) is 5.54 Å². The fraction of sp³-hybridized carbons (Fsp3) is 0.750. The van der Waals surface area contributed by atoms with E-state index in [9.17, 15) is 0 Å². The van der Waals surface area contributed by atoms with Crippen molar-refractivity contribution >= 4 is 0 Å². The number of hydrogen-bond acceptors (Lipinski definition) is 4. The number of hydrogen-bond donors (Lipinski definition) is 1. The summed E-state index contributed by atoms with van der Waals surface area (Å²) in [5, 5.41) is 3.50. The molecule has 0 bridgehead atoms. The van der Waals surface area contributed by atoms with Gasteiger partial charge in [-0.2, -0.15) is 0 Å². The minimum absolute atomic E-state index is 0.126. The monoisotopic (exact) mass is 282 g/mol. The lowest BCUT2D eigenvalue weighted by molar-refractivity contribution is 0.175. The molecule has 0 spiro atoms. The van der Waals surface area contributed by atoms with Crippen LogP contribution >= 0.6 is 0 Å². The molecular formula is C16H30N2O2. The second-order valence-corrected chi connectivity index (χ2v) is 6.48. The van der Waals surface area contributed by atoms with Crippen molar-refractivity contribution in [1.82, 2.24) is 10.2 Å². The summed E-state index contributed by atoms with van der Waals surface area (Å²) in [5.41, 5.74) is 1.38. The summed E-state index contributed by atoms with van der Waals surface area (Å²) in [4.78, 5) is 2.26. The van der Waals surface area contributed by atoms with Gasteiger partial charge < -0.3 is 14.5 Å². The van der Waals surface area contributed by atoms with Gasteiger partial charge in [0.1, 0.15) is 11.5 Å². The highest BCUT2D eigenvalue weighted by atomic mass is 16.5. The quantitative estimate of drug-likeness (QED) is 0.744. The number of nitrogens with zero attached hydrogens (tertiary/aromatic N) is 1. The van der Waals surface area contributed by atoms with Gasteiger partial charge in [0, 0.05) is 37.9 Å². The van der Waals surface area contributed by atoms with E-state index in [2.05, 4.69) is 44.1 Å². The molecule has 0 aromatic carbocycles. The zero-order valence-corrected chi connectivity index (χ0v) is 13.9. The van der Waals surface area contributed by atoms with Crippen molar-refractivity contribution < 1.29 is 9.15 Å². The summed E-state index contributed by atoms with van der Waals surface area (Å²) >= 11 is 0. The Hall–Kier alpha value is -0.840. The third-order valence-corrected chi connectivity index (χ3v) is 3.19. The van der Waals surface area contributed by atoms with Crippen LogP contribution in [0.25, 0.3) is 0 Å². The minimum Gasteiger partial charge on any atom is -0.465 e. The fourth-order valence-corrected chi connectivity index (χ4v) is 2.03. The van der Waals surface area contributed by atoms with Gasteiger partial charge >= 0.3 is 0 Å². The second kappa shape index (κ2) is 7.81. The van der Waals surface area contributed by atoms with Crippen LogP contribution in [-0.4, -0.2) is 37.7 Å². The SMILES string of the molecule is COCCCN(C)Cc1cc(CNC(C)(C)C)c(C)o1. The van der Waals surface area contributed by atoms with E-state index in [0.717, 1.165) is 44.2 Å². The van der Waals surface area contributed by atoms with Crippen molar-refractivity contribution in [2.45, 2.75) is 52.7 Å². The summed E-state index contributed by atoms with van der Waals surface area (Å²) < 4.78 is 10.9. The van der Waals surface area contributed by atoms with Gasteiger partial charge in [0.05, 0.1) is 6.54 Å². The molecule has 116 valence electrons. The molecular weight excluding hydrogens is 252 g/mol. The van der Waals surface area contributed by atoms with E-state index < -0.39 is 0 Å². The standard InChI is InChI=1S/C16H30N2O2/c1-13-14(11-17-16(2,3)4)10-15(20-13)12-18(5)8-7-9-19-6/h10,17H,7-9,11-12H2,1-6H3. The van der Waals surface area contributed by atoms with Crippen molar-refractivity contribution in [3.8, 4) is 0 Å². The Bertz CT molecular complexity index is 394. The van der Waals surface area contributed by atoms with Crippen LogP contribution in [0.4, 0.5) is 0 Å². The van der Waals surface area contributed by atoms with Crippen molar-refractivity contribution in [1.29, 1.82) is 0 Å². The summed E-state index contributed by atoms with van der Waals surface area (Å²) in [7, 11) is 3.85. The van der Waals surface area contributed by atoms with E-state index in [4.69, 9.17) is 9.15 Å². The van der Waals surface area contributed by atoms with E-state index in [1.165, 1.54) is 5.56 Å². The molecule has 0 aliphatic rings. The van der Waals surface area contributed by atoms with Gasteiger partial charge in [0.25, 0.3) is 0 Å². The van der Waals surface area contributed by atoms with Crippen LogP contribution in [0.1, 0.15) is 44.3 Å². The number of methoxy groups -OCH3 is 1. The first-order chi connectivity index (χ1) is 9.31. The molecule has 1 aromatic heterocycles. The highest BCUT2D eigenvalue weighted by Crippen LogP contribution is 2.17. The third-order valence-electron chi connectivity index (χ3n) is 3.19. The molecule has 0 unspecified atom stereocenters. The first-order valence-corrected chi connectivity index (χ1v) is 7.32. The van der Waals surface area contributed by atoms with Gasteiger partial charge in [-0.15, -0.1) is 0 Å². The van der Waals surface area contributed by atoms with Gasteiger partial charge in [-0.3, -0.25) is 4.90 Å². The van der Waals surface area contributed by atoms with E-state index in [1.807, 2.05) is 6.92 Å². The van der Waals surface area contributed by atoms with E-state index >= 15 is 0 Å². The predicted octanol–water partition coefficient (Wildman–Crippen LogP) is 2.94. The first kappa shape index (κ1) is 17.2. The van der Waals surface area contributed by atoms with E-state index in [1.54, 1.807) is 7.11 Å². The van der Waals surface area contributed by atoms with Crippen LogP contribution in [0.5, 0.6) is 0 Å². The van der Waals surface area contributed by atoms with Crippen LogP contribution in [-0.2, 0) is 17.8 Å².